The minimum Gasteiger partial charge on any atom is -0.274 e. The molecule has 0 saturated carbocycles. The Morgan fingerprint density at radius 1 is 1.30 bits per heavy atom. The molecular formula is C5N2OS2. The maximum absolute atomic E-state index is 10.3. The third-order valence-corrected chi connectivity index (χ3v) is 2.89. The number of nitriles is 2. The van der Waals surface area contributed by atoms with E-state index in [4.69, 9.17) is 10.5 Å². The first-order valence-corrected chi connectivity index (χ1v) is 3.85. The highest BCUT2D eigenvalue weighted by atomic mass is 32.3. The molecule has 0 radical (unpaired) electrons. The van der Waals surface area contributed by atoms with Crippen LogP contribution in [0.3, 0.4) is 0 Å². The molecule has 0 aromatic rings. The Morgan fingerprint density at radius 3 is 2.10 bits per heavy atom. The fourth-order valence-corrected chi connectivity index (χ4v) is 1.79. The minimum atomic E-state index is -0.0574. The third kappa shape index (κ3) is 1.15. The van der Waals surface area contributed by atoms with Crippen LogP contribution in [0, 0.1) is 22.7 Å². The Morgan fingerprint density at radius 2 is 1.80 bits per heavy atom. The summed E-state index contributed by atoms with van der Waals surface area (Å²) in [6.45, 7) is 0. The molecule has 0 aromatic heterocycles. The fourth-order valence-electron chi connectivity index (χ4n) is 0.377. The summed E-state index contributed by atoms with van der Waals surface area (Å²) in [5.41, 5.74) is 0.0367. The molecule has 1 saturated heterocycles. The summed E-state index contributed by atoms with van der Waals surface area (Å²) in [5, 5.41) is 16.6. The molecule has 0 unspecified atom stereocenters. The van der Waals surface area contributed by atoms with Gasteiger partial charge in [-0.15, -0.1) is 0 Å². The van der Waals surface area contributed by atoms with E-state index >= 15 is 0 Å². The van der Waals surface area contributed by atoms with Crippen molar-refractivity contribution in [1.29, 1.82) is 10.5 Å². The zero-order chi connectivity index (χ0) is 7.56. The van der Waals surface area contributed by atoms with Crippen LogP contribution in [-0.2, 0) is 0 Å². The lowest BCUT2D eigenvalue weighted by atomic mass is 10.4. The highest BCUT2D eigenvalue weighted by Gasteiger charge is 2.26. The van der Waals surface area contributed by atoms with Gasteiger partial charge in [0.15, 0.2) is 5.57 Å². The zero-order valence-electron chi connectivity index (χ0n) is 4.62. The number of rotatable bonds is 0. The van der Waals surface area contributed by atoms with E-state index in [0.29, 0.717) is 4.24 Å². The molecule has 3 nitrogen and oxygen atoms in total. The number of hydrogen-bond donors (Lipinski definition) is 0. The maximum Gasteiger partial charge on any atom is 0.256 e. The van der Waals surface area contributed by atoms with Crippen molar-refractivity contribution in [2.24, 2.45) is 0 Å². The summed E-state index contributed by atoms with van der Waals surface area (Å²) in [6.07, 6.45) is 0. The highest BCUT2D eigenvalue weighted by molar-refractivity contribution is 8.57. The number of hydrogen-bond acceptors (Lipinski definition) is 5. The summed E-state index contributed by atoms with van der Waals surface area (Å²) in [4.78, 5) is 10.3. The standard InChI is InChI=1S/C5N2OS2/c6-1-3(2-7)4-9-5(8)10-4. The van der Waals surface area contributed by atoms with Crippen molar-refractivity contribution >= 4 is 28.0 Å². The van der Waals surface area contributed by atoms with E-state index in [1.54, 1.807) is 12.1 Å². The molecular weight excluding hydrogens is 168 g/mol. The topological polar surface area (TPSA) is 64.7 Å². The van der Waals surface area contributed by atoms with E-state index in [1.807, 2.05) is 0 Å². The molecule has 0 amide bonds. The lowest BCUT2D eigenvalue weighted by Crippen LogP contribution is -1.95. The van der Waals surface area contributed by atoms with Gasteiger partial charge in [-0.3, -0.25) is 4.79 Å². The van der Waals surface area contributed by atoms with Gasteiger partial charge in [-0.1, -0.05) is 0 Å². The summed E-state index contributed by atoms with van der Waals surface area (Å²) >= 11 is 1.89. The van der Waals surface area contributed by atoms with Crippen LogP contribution < -0.4 is 0 Å². The maximum atomic E-state index is 10.3. The zero-order valence-corrected chi connectivity index (χ0v) is 6.25. The average Bonchev–Trinajstić information content (AvgIpc) is 1.87. The molecule has 0 aromatic carbocycles. The van der Waals surface area contributed by atoms with Crippen molar-refractivity contribution in [3.63, 3.8) is 0 Å². The molecule has 0 N–H and O–H groups in total. The van der Waals surface area contributed by atoms with Crippen LogP contribution in [0.1, 0.15) is 0 Å². The molecule has 0 bridgehead atoms. The highest BCUT2D eigenvalue weighted by Crippen LogP contribution is 2.47. The van der Waals surface area contributed by atoms with Gasteiger partial charge in [0.2, 0.25) is 0 Å². The molecule has 10 heavy (non-hydrogen) atoms. The van der Waals surface area contributed by atoms with Crippen LogP contribution >= 0.6 is 23.5 Å². The molecule has 1 aliphatic heterocycles. The van der Waals surface area contributed by atoms with E-state index in [1.165, 1.54) is 0 Å². The Kier molecular flexibility index (Phi) is 2.00. The van der Waals surface area contributed by atoms with E-state index in [9.17, 15) is 4.79 Å². The average molecular weight is 168 g/mol. The molecule has 0 atom stereocenters. The summed E-state index contributed by atoms with van der Waals surface area (Å²) < 4.78 is 0.466. The van der Waals surface area contributed by atoms with Crippen LogP contribution in [0.4, 0.5) is 4.79 Å². The van der Waals surface area contributed by atoms with E-state index in [2.05, 4.69) is 0 Å². The van der Waals surface area contributed by atoms with E-state index in [-0.39, 0.29) is 10.0 Å². The lowest BCUT2D eigenvalue weighted by molar-refractivity contribution is 0.276. The smallest absolute Gasteiger partial charge is 0.256 e. The van der Waals surface area contributed by atoms with Crippen molar-refractivity contribution in [2.45, 2.75) is 0 Å². The Hall–Kier alpha value is -0.910. The first kappa shape index (κ1) is 7.20. The molecule has 1 fully saturated rings. The minimum absolute atomic E-state index is 0.0367. The Balaban J connectivity index is 2.82. The predicted molar refractivity (Wildman–Crippen MR) is 38.8 cm³/mol. The first-order valence-electron chi connectivity index (χ1n) is 2.22. The second kappa shape index (κ2) is 2.78. The van der Waals surface area contributed by atoms with Gasteiger partial charge in [0.25, 0.3) is 4.45 Å². The second-order valence-electron chi connectivity index (χ2n) is 1.34. The van der Waals surface area contributed by atoms with Crippen molar-refractivity contribution in [3.8, 4) is 12.1 Å². The van der Waals surface area contributed by atoms with Crippen molar-refractivity contribution in [2.75, 3.05) is 0 Å². The number of allylic oxidation sites excluding steroid dienone is 1. The predicted octanol–water partition coefficient (Wildman–Crippen LogP) is 1.85. The van der Waals surface area contributed by atoms with Gasteiger partial charge in [0, 0.05) is 0 Å². The van der Waals surface area contributed by atoms with Crippen LogP contribution in [-0.4, -0.2) is 4.45 Å². The van der Waals surface area contributed by atoms with Crippen molar-refractivity contribution < 1.29 is 4.79 Å². The van der Waals surface area contributed by atoms with Gasteiger partial charge in [0.05, 0.1) is 4.24 Å². The van der Waals surface area contributed by atoms with Crippen LogP contribution in [0.25, 0.3) is 0 Å². The molecule has 1 rings (SSSR count). The Labute approximate surface area is 65.7 Å². The molecule has 5 heteroatoms. The van der Waals surface area contributed by atoms with Gasteiger partial charge in [-0.2, -0.15) is 10.5 Å². The van der Waals surface area contributed by atoms with Gasteiger partial charge in [-0.05, 0) is 23.5 Å². The molecule has 1 aliphatic rings. The first-order chi connectivity index (χ1) is 4.77. The van der Waals surface area contributed by atoms with Crippen molar-refractivity contribution in [1.82, 2.24) is 0 Å². The van der Waals surface area contributed by atoms with Crippen LogP contribution in [0.2, 0.25) is 0 Å². The molecule has 1 heterocycles. The number of thioether (sulfide) groups is 2. The third-order valence-electron chi connectivity index (χ3n) is 0.780. The molecule has 0 aliphatic carbocycles. The summed E-state index contributed by atoms with van der Waals surface area (Å²) in [7, 11) is 0. The fraction of sp³-hybridized carbons (Fsp3) is 0. The van der Waals surface area contributed by atoms with Gasteiger partial charge >= 0.3 is 0 Å². The van der Waals surface area contributed by atoms with E-state index < -0.39 is 0 Å². The lowest BCUT2D eigenvalue weighted by Gasteiger charge is -2.10. The normalized spacial score (nSPS) is 15.0. The summed E-state index contributed by atoms with van der Waals surface area (Å²) in [6, 6.07) is 3.40. The van der Waals surface area contributed by atoms with Gasteiger partial charge in [0.1, 0.15) is 12.1 Å². The molecule has 48 valence electrons. The summed E-state index contributed by atoms with van der Waals surface area (Å²) in [5.74, 6) is 0. The SMILES string of the molecule is N#CC(C#N)=C1SC(=O)S1. The number of carbonyl (C=O) groups is 1. The molecule has 0 spiro atoms. The van der Waals surface area contributed by atoms with Crippen LogP contribution in [0.15, 0.2) is 9.81 Å². The van der Waals surface area contributed by atoms with Gasteiger partial charge < -0.3 is 0 Å². The van der Waals surface area contributed by atoms with E-state index in [0.717, 1.165) is 23.5 Å². The quantitative estimate of drug-likeness (QED) is 0.516. The number of carbonyl (C=O) groups excluding carboxylic acids is 1. The van der Waals surface area contributed by atoms with Gasteiger partial charge in [-0.25, -0.2) is 0 Å². The monoisotopic (exact) mass is 168 g/mol. The number of nitrogens with zero attached hydrogens (tertiary/aromatic N) is 2. The largest absolute Gasteiger partial charge is 0.274 e. The van der Waals surface area contributed by atoms with Crippen LogP contribution in [0.5, 0.6) is 0 Å². The van der Waals surface area contributed by atoms with Crippen molar-refractivity contribution in [3.05, 3.63) is 9.81 Å². The second-order valence-corrected chi connectivity index (χ2v) is 3.82. The Bertz CT molecular complexity index is 268.